The number of aryl methyl sites for hydroxylation is 2. The second kappa shape index (κ2) is 7.13. The molecule has 3 rings (SSSR count). The number of benzene rings is 1. The lowest BCUT2D eigenvalue weighted by Crippen LogP contribution is -2.44. The number of rotatable bonds is 5. The van der Waals surface area contributed by atoms with Crippen molar-refractivity contribution in [3.05, 3.63) is 29.3 Å². The lowest BCUT2D eigenvalue weighted by atomic mass is 10.2. The summed E-state index contributed by atoms with van der Waals surface area (Å²) in [4.78, 5) is 0.451. The third kappa shape index (κ3) is 3.76. The summed E-state index contributed by atoms with van der Waals surface area (Å²) in [7, 11) is -3.49. The van der Waals surface area contributed by atoms with Crippen LogP contribution in [0.2, 0.25) is 0 Å². The van der Waals surface area contributed by atoms with Crippen molar-refractivity contribution in [2.24, 2.45) is 0 Å². The van der Waals surface area contributed by atoms with Crippen molar-refractivity contribution in [2.75, 3.05) is 24.7 Å². The summed E-state index contributed by atoms with van der Waals surface area (Å²) in [6.07, 6.45) is 2.96. The molecule has 2 aliphatic heterocycles. The molecule has 0 N–H and O–H groups in total. The highest BCUT2D eigenvalue weighted by molar-refractivity contribution is 7.99. The van der Waals surface area contributed by atoms with Crippen molar-refractivity contribution in [1.82, 2.24) is 4.31 Å². The van der Waals surface area contributed by atoms with Gasteiger partial charge in [0.1, 0.15) is 0 Å². The number of hydrogen-bond donors (Lipinski definition) is 0. The monoisotopic (exact) mass is 355 g/mol. The van der Waals surface area contributed by atoms with Gasteiger partial charge in [0.25, 0.3) is 0 Å². The van der Waals surface area contributed by atoms with Gasteiger partial charge in [-0.15, -0.1) is 0 Å². The highest BCUT2D eigenvalue weighted by Crippen LogP contribution is 2.30. The average Bonchev–Trinajstić information content (AvgIpc) is 3.19. The van der Waals surface area contributed by atoms with Gasteiger partial charge in [-0.25, -0.2) is 8.42 Å². The normalized spacial score (nSPS) is 25.3. The second-order valence-electron chi connectivity index (χ2n) is 6.50. The largest absolute Gasteiger partial charge is 0.377 e. The molecule has 2 unspecified atom stereocenters. The van der Waals surface area contributed by atoms with Gasteiger partial charge >= 0.3 is 0 Å². The molecule has 0 spiro atoms. The summed E-state index contributed by atoms with van der Waals surface area (Å²) in [6, 6.07) is 5.75. The zero-order chi connectivity index (χ0) is 16.4. The van der Waals surface area contributed by atoms with Crippen molar-refractivity contribution < 1.29 is 13.2 Å². The van der Waals surface area contributed by atoms with Crippen LogP contribution in [0.4, 0.5) is 0 Å². The van der Waals surface area contributed by atoms with Crippen LogP contribution in [0, 0.1) is 13.8 Å². The molecule has 2 fully saturated rings. The minimum atomic E-state index is -3.49. The van der Waals surface area contributed by atoms with Gasteiger partial charge in [-0.1, -0.05) is 12.1 Å². The zero-order valence-electron chi connectivity index (χ0n) is 13.8. The number of thioether (sulfide) groups is 1. The molecule has 0 amide bonds. The average molecular weight is 356 g/mol. The Morgan fingerprint density at radius 1 is 1.30 bits per heavy atom. The number of nitrogens with zero attached hydrogens (tertiary/aromatic N) is 1. The summed E-state index contributed by atoms with van der Waals surface area (Å²) in [6.45, 7) is 5.05. The third-order valence-electron chi connectivity index (χ3n) is 4.65. The van der Waals surface area contributed by atoms with E-state index in [0.29, 0.717) is 11.4 Å². The fourth-order valence-electron chi connectivity index (χ4n) is 3.29. The van der Waals surface area contributed by atoms with Crippen LogP contribution in [0.25, 0.3) is 0 Å². The van der Waals surface area contributed by atoms with Crippen molar-refractivity contribution in [2.45, 2.75) is 50.2 Å². The van der Waals surface area contributed by atoms with E-state index >= 15 is 0 Å². The Hall–Kier alpha value is -0.560. The summed E-state index contributed by atoms with van der Waals surface area (Å²) in [5.41, 5.74) is 1.80. The minimum absolute atomic E-state index is 0.0421. The molecule has 2 aliphatic rings. The predicted molar refractivity (Wildman–Crippen MR) is 94.5 cm³/mol. The number of sulfonamides is 1. The first-order chi connectivity index (χ1) is 11.0. The van der Waals surface area contributed by atoms with E-state index in [0.717, 1.165) is 48.5 Å². The first-order valence-electron chi connectivity index (χ1n) is 8.27. The lowest BCUT2D eigenvalue weighted by molar-refractivity contribution is 0.0877. The Labute approximate surface area is 143 Å². The fraction of sp³-hybridized carbons (Fsp3) is 0.647. The Morgan fingerprint density at radius 2 is 2.13 bits per heavy atom. The standard InChI is InChI=1S/C17H25NO3S2/c1-13-5-6-14(2)17(10-13)23(19,20)18(15-7-9-22-12-15)11-16-4-3-8-21-16/h5-6,10,15-16H,3-4,7-9,11-12H2,1-2H3. The van der Waals surface area contributed by atoms with E-state index in [1.807, 2.05) is 37.7 Å². The minimum Gasteiger partial charge on any atom is -0.377 e. The molecule has 0 saturated carbocycles. The topological polar surface area (TPSA) is 46.6 Å². The summed E-state index contributed by atoms with van der Waals surface area (Å²) in [5, 5.41) is 0. The molecule has 23 heavy (non-hydrogen) atoms. The van der Waals surface area contributed by atoms with Crippen LogP contribution in [0.15, 0.2) is 23.1 Å². The maximum absolute atomic E-state index is 13.3. The first-order valence-corrected chi connectivity index (χ1v) is 10.9. The predicted octanol–water partition coefficient (Wildman–Crippen LogP) is 2.98. The smallest absolute Gasteiger partial charge is 0.243 e. The quantitative estimate of drug-likeness (QED) is 0.815. The Bertz CT molecular complexity index is 648. The fourth-order valence-corrected chi connectivity index (χ4v) is 6.61. The van der Waals surface area contributed by atoms with Crippen LogP contribution >= 0.6 is 11.8 Å². The molecule has 2 saturated heterocycles. The van der Waals surface area contributed by atoms with Crippen LogP contribution in [0.5, 0.6) is 0 Å². The molecule has 0 aliphatic carbocycles. The van der Waals surface area contributed by atoms with E-state index < -0.39 is 10.0 Å². The van der Waals surface area contributed by atoms with E-state index in [9.17, 15) is 8.42 Å². The Kier molecular flexibility index (Phi) is 5.35. The molecule has 0 aromatic heterocycles. The van der Waals surface area contributed by atoms with Crippen molar-refractivity contribution in [3.63, 3.8) is 0 Å². The molecule has 0 radical (unpaired) electrons. The Balaban J connectivity index is 1.94. The SMILES string of the molecule is Cc1ccc(C)c(S(=O)(=O)N(CC2CCCO2)C2CCSC2)c1. The molecular weight excluding hydrogens is 330 g/mol. The molecule has 1 aromatic rings. The van der Waals surface area contributed by atoms with Crippen LogP contribution in [-0.2, 0) is 14.8 Å². The third-order valence-corrected chi connectivity index (χ3v) is 7.86. The van der Waals surface area contributed by atoms with Crippen molar-refractivity contribution in [3.8, 4) is 0 Å². The molecule has 128 valence electrons. The van der Waals surface area contributed by atoms with Gasteiger partial charge in [0.2, 0.25) is 10.0 Å². The van der Waals surface area contributed by atoms with Gasteiger partial charge in [0, 0.05) is 24.9 Å². The highest BCUT2D eigenvalue weighted by atomic mass is 32.2. The van der Waals surface area contributed by atoms with E-state index in [4.69, 9.17) is 4.74 Å². The molecule has 0 bridgehead atoms. The van der Waals surface area contributed by atoms with Gasteiger partial charge in [-0.3, -0.25) is 0 Å². The van der Waals surface area contributed by atoms with Crippen molar-refractivity contribution in [1.29, 1.82) is 0 Å². The number of hydrogen-bond acceptors (Lipinski definition) is 4. The molecule has 2 heterocycles. The van der Waals surface area contributed by atoms with Gasteiger partial charge in [-0.05, 0) is 56.1 Å². The zero-order valence-corrected chi connectivity index (χ0v) is 15.5. The van der Waals surface area contributed by atoms with Crippen LogP contribution in [0.1, 0.15) is 30.4 Å². The van der Waals surface area contributed by atoms with E-state index in [1.165, 1.54) is 0 Å². The van der Waals surface area contributed by atoms with Gasteiger partial charge in [-0.2, -0.15) is 16.1 Å². The summed E-state index contributed by atoms with van der Waals surface area (Å²) in [5.74, 6) is 1.92. The van der Waals surface area contributed by atoms with E-state index in [-0.39, 0.29) is 12.1 Å². The molecular formula is C17H25NO3S2. The highest BCUT2D eigenvalue weighted by Gasteiger charge is 2.36. The van der Waals surface area contributed by atoms with Crippen LogP contribution in [-0.4, -0.2) is 49.5 Å². The van der Waals surface area contributed by atoms with Gasteiger partial charge < -0.3 is 4.74 Å². The summed E-state index contributed by atoms with van der Waals surface area (Å²) < 4.78 is 34.1. The van der Waals surface area contributed by atoms with Gasteiger partial charge in [0.05, 0.1) is 11.0 Å². The Morgan fingerprint density at radius 3 is 2.78 bits per heavy atom. The van der Waals surface area contributed by atoms with Gasteiger partial charge in [0.15, 0.2) is 0 Å². The molecule has 6 heteroatoms. The van der Waals surface area contributed by atoms with E-state index in [1.54, 1.807) is 10.4 Å². The maximum atomic E-state index is 13.3. The van der Waals surface area contributed by atoms with Crippen LogP contribution < -0.4 is 0 Å². The van der Waals surface area contributed by atoms with Crippen LogP contribution in [0.3, 0.4) is 0 Å². The molecule has 2 atom stereocenters. The second-order valence-corrected chi connectivity index (χ2v) is 9.50. The molecule has 1 aromatic carbocycles. The number of ether oxygens (including phenoxy) is 1. The molecule has 4 nitrogen and oxygen atoms in total. The lowest BCUT2D eigenvalue weighted by Gasteiger charge is -2.30. The van der Waals surface area contributed by atoms with Crippen molar-refractivity contribution >= 4 is 21.8 Å². The maximum Gasteiger partial charge on any atom is 0.243 e. The summed E-state index contributed by atoms with van der Waals surface area (Å²) >= 11 is 1.84. The van der Waals surface area contributed by atoms with E-state index in [2.05, 4.69) is 0 Å². The first kappa shape index (κ1) is 17.3.